The monoisotopic (exact) mass is 281 g/mol. The van der Waals surface area contributed by atoms with E-state index < -0.39 is 0 Å². The number of carbonyl (C=O) groups is 1. The van der Waals surface area contributed by atoms with E-state index in [1.165, 1.54) is 12.3 Å². The van der Waals surface area contributed by atoms with Crippen molar-refractivity contribution in [2.45, 2.75) is 18.9 Å². The van der Waals surface area contributed by atoms with Gasteiger partial charge >= 0.3 is 0 Å². The van der Waals surface area contributed by atoms with E-state index in [4.69, 9.17) is 17.3 Å². The number of aliphatic hydroxyl groups is 1. The molecule has 0 aromatic carbocycles. The molecule has 3 unspecified atom stereocenters. The van der Waals surface area contributed by atoms with Gasteiger partial charge in [0.25, 0.3) is 5.91 Å². The minimum absolute atomic E-state index is 0.122. The lowest BCUT2D eigenvalue weighted by molar-refractivity contribution is 0.0753. The van der Waals surface area contributed by atoms with Gasteiger partial charge in [-0.15, -0.1) is 0 Å². The van der Waals surface area contributed by atoms with Crippen LogP contribution in [0.4, 0.5) is 5.69 Å². The Hall–Kier alpha value is -1.33. The van der Waals surface area contributed by atoms with E-state index in [0.29, 0.717) is 30.3 Å². The molecule has 3 N–H and O–H groups in total. The average Bonchev–Trinajstić information content (AvgIpc) is 2.94. The summed E-state index contributed by atoms with van der Waals surface area (Å²) >= 11 is 5.81. The zero-order chi connectivity index (χ0) is 13.6. The molecule has 5 nitrogen and oxygen atoms in total. The van der Waals surface area contributed by atoms with Crippen molar-refractivity contribution in [2.24, 2.45) is 11.8 Å². The molecular formula is C13H16ClN3O2. The summed E-state index contributed by atoms with van der Waals surface area (Å²) in [4.78, 5) is 18.0. The van der Waals surface area contributed by atoms with Crippen molar-refractivity contribution in [3.05, 3.63) is 23.0 Å². The summed E-state index contributed by atoms with van der Waals surface area (Å²) in [5.41, 5.74) is 6.52. The van der Waals surface area contributed by atoms with Gasteiger partial charge in [-0.2, -0.15) is 0 Å². The van der Waals surface area contributed by atoms with E-state index >= 15 is 0 Å². The summed E-state index contributed by atoms with van der Waals surface area (Å²) in [7, 11) is 0. The van der Waals surface area contributed by atoms with Gasteiger partial charge in [0.1, 0.15) is 5.15 Å². The van der Waals surface area contributed by atoms with Gasteiger partial charge in [-0.3, -0.25) is 4.79 Å². The Kier molecular flexibility index (Phi) is 3.11. The van der Waals surface area contributed by atoms with Crippen molar-refractivity contribution in [1.29, 1.82) is 0 Å². The lowest BCUT2D eigenvalue weighted by Crippen LogP contribution is -2.31. The number of anilines is 1. The number of rotatable bonds is 1. The first-order valence-electron chi connectivity index (χ1n) is 6.44. The van der Waals surface area contributed by atoms with Crippen LogP contribution in [0.1, 0.15) is 23.2 Å². The molecule has 1 saturated carbocycles. The molecule has 0 spiro atoms. The van der Waals surface area contributed by atoms with Crippen LogP contribution in [0.3, 0.4) is 0 Å². The van der Waals surface area contributed by atoms with Gasteiger partial charge in [0.2, 0.25) is 0 Å². The molecular weight excluding hydrogens is 266 g/mol. The van der Waals surface area contributed by atoms with Gasteiger partial charge in [-0.25, -0.2) is 4.98 Å². The zero-order valence-corrected chi connectivity index (χ0v) is 11.2. The van der Waals surface area contributed by atoms with Crippen LogP contribution in [0, 0.1) is 11.8 Å². The number of nitrogen functional groups attached to an aromatic ring is 1. The fraction of sp³-hybridized carbons (Fsp3) is 0.538. The van der Waals surface area contributed by atoms with Crippen LogP contribution in [-0.2, 0) is 0 Å². The number of hydrogen-bond donors (Lipinski definition) is 2. The maximum absolute atomic E-state index is 12.4. The number of hydrogen-bond acceptors (Lipinski definition) is 4. The number of fused-ring (bicyclic) bond motifs is 1. The Labute approximate surface area is 116 Å². The number of pyridine rings is 1. The topological polar surface area (TPSA) is 79.5 Å². The molecule has 0 radical (unpaired) electrons. The summed E-state index contributed by atoms with van der Waals surface area (Å²) in [6, 6.07) is 1.50. The van der Waals surface area contributed by atoms with Crippen molar-refractivity contribution < 1.29 is 9.90 Å². The van der Waals surface area contributed by atoms with Gasteiger partial charge in [-0.05, 0) is 24.8 Å². The number of halogens is 1. The van der Waals surface area contributed by atoms with Crippen molar-refractivity contribution in [3.8, 4) is 0 Å². The first kappa shape index (κ1) is 12.7. The third-order valence-corrected chi connectivity index (χ3v) is 4.44. The molecule has 3 atom stereocenters. The lowest BCUT2D eigenvalue weighted by Gasteiger charge is -2.19. The Morgan fingerprint density at radius 2 is 2.26 bits per heavy atom. The van der Waals surface area contributed by atoms with Crippen LogP contribution in [0.5, 0.6) is 0 Å². The van der Waals surface area contributed by atoms with E-state index in [1.54, 1.807) is 4.90 Å². The Morgan fingerprint density at radius 1 is 1.47 bits per heavy atom. The Morgan fingerprint density at radius 3 is 3.00 bits per heavy atom. The number of carbonyl (C=O) groups excluding carboxylic acids is 1. The first-order chi connectivity index (χ1) is 9.06. The van der Waals surface area contributed by atoms with Crippen LogP contribution in [0.15, 0.2) is 12.3 Å². The molecule has 1 amide bonds. The SMILES string of the molecule is Nc1cnc(Cl)cc1C(=O)N1CC2CCC(O)C2C1. The summed E-state index contributed by atoms with van der Waals surface area (Å²) in [5.74, 6) is 0.503. The summed E-state index contributed by atoms with van der Waals surface area (Å²) in [6.07, 6.45) is 2.96. The van der Waals surface area contributed by atoms with Crippen molar-refractivity contribution in [3.63, 3.8) is 0 Å². The van der Waals surface area contributed by atoms with Crippen molar-refractivity contribution in [2.75, 3.05) is 18.8 Å². The molecule has 0 bridgehead atoms. The normalized spacial score (nSPS) is 29.6. The van der Waals surface area contributed by atoms with Crippen LogP contribution < -0.4 is 5.73 Å². The van der Waals surface area contributed by atoms with Crippen molar-refractivity contribution in [1.82, 2.24) is 9.88 Å². The average molecular weight is 282 g/mol. The minimum Gasteiger partial charge on any atom is -0.397 e. The standard InChI is InChI=1S/C13H16ClN3O2/c14-12-3-8(10(15)4-16-12)13(19)17-5-7-1-2-11(18)9(7)6-17/h3-4,7,9,11,18H,1-2,5-6,15H2. The Bertz CT molecular complexity index is 523. The third kappa shape index (κ3) is 2.17. The fourth-order valence-electron chi connectivity index (χ4n) is 3.20. The van der Waals surface area contributed by atoms with Crippen molar-refractivity contribution >= 4 is 23.2 Å². The quantitative estimate of drug-likeness (QED) is 0.757. The summed E-state index contributed by atoms with van der Waals surface area (Å²) in [6.45, 7) is 1.30. The van der Waals surface area contributed by atoms with Crippen LogP contribution in [0.25, 0.3) is 0 Å². The minimum atomic E-state index is -0.277. The van der Waals surface area contributed by atoms with Crippen LogP contribution in [0.2, 0.25) is 5.15 Å². The number of aliphatic hydroxyl groups excluding tert-OH is 1. The highest BCUT2D eigenvalue weighted by Gasteiger charge is 2.43. The molecule has 1 aliphatic carbocycles. The molecule has 19 heavy (non-hydrogen) atoms. The molecule has 3 rings (SSSR count). The highest BCUT2D eigenvalue weighted by Crippen LogP contribution is 2.38. The lowest BCUT2D eigenvalue weighted by atomic mass is 10.00. The number of nitrogens with zero attached hydrogens (tertiary/aromatic N) is 2. The van der Waals surface area contributed by atoms with E-state index in [9.17, 15) is 9.90 Å². The predicted octanol–water partition coefficient (Wildman–Crippen LogP) is 1.16. The van der Waals surface area contributed by atoms with E-state index in [0.717, 1.165) is 12.8 Å². The molecule has 1 aromatic rings. The van der Waals surface area contributed by atoms with Gasteiger partial charge in [0, 0.05) is 19.0 Å². The number of likely N-dealkylation sites (tertiary alicyclic amines) is 1. The van der Waals surface area contributed by atoms with Gasteiger partial charge < -0.3 is 15.7 Å². The van der Waals surface area contributed by atoms with Gasteiger partial charge in [0.05, 0.1) is 23.6 Å². The molecule has 1 aliphatic heterocycles. The highest BCUT2D eigenvalue weighted by atomic mass is 35.5. The van der Waals surface area contributed by atoms with Gasteiger partial charge in [0.15, 0.2) is 0 Å². The zero-order valence-electron chi connectivity index (χ0n) is 10.4. The summed E-state index contributed by atoms with van der Waals surface area (Å²) in [5, 5.41) is 10.1. The van der Waals surface area contributed by atoms with Gasteiger partial charge in [-0.1, -0.05) is 11.6 Å². The molecule has 102 valence electrons. The van der Waals surface area contributed by atoms with Crippen LogP contribution in [-0.4, -0.2) is 40.1 Å². The maximum Gasteiger partial charge on any atom is 0.256 e. The van der Waals surface area contributed by atoms with E-state index in [1.807, 2.05) is 0 Å². The number of aromatic nitrogens is 1. The molecule has 1 aromatic heterocycles. The second-order valence-corrected chi connectivity index (χ2v) is 5.76. The molecule has 2 aliphatic rings. The highest BCUT2D eigenvalue weighted by molar-refractivity contribution is 6.29. The third-order valence-electron chi connectivity index (χ3n) is 4.24. The first-order valence-corrected chi connectivity index (χ1v) is 6.82. The predicted molar refractivity (Wildman–Crippen MR) is 71.8 cm³/mol. The Balaban J connectivity index is 1.80. The maximum atomic E-state index is 12.4. The summed E-state index contributed by atoms with van der Waals surface area (Å²) < 4.78 is 0. The number of nitrogens with two attached hydrogens (primary N) is 1. The van der Waals surface area contributed by atoms with E-state index in [-0.39, 0.29) is 23.1 Å². The largest absolute Gasteiger partial charge is 0.397 e. The van der Waals surface area contributed by atoms with Crippen LogP contribution >= 0.6 is 11.6 Å². The number of amides is 1. The van der Waals surface area contributed by atoms with E-state index in [2.05, 4.69) is 4.98 Å². The smallest absolute Gasteiger partial charge is 0.256 e. The molecule has 2 heterocycles. The molecule has 2 fully saturated rings. The second-order valence-electron chi connectivity index (χ2n) is 5.37. The second kappa shape index (κ2) is 4.65. The fourth-order valence-corrected chi connectivity index (χ4v) is 3.36. The molecule has 1 saturated heterocycles. The molecule has 6 heteroatoms.